The van der Waals surface area contributed by atoms with Crippen molar-refractivity contribution in [2.75, 3.05) is 11.9 Å². The van der Waals surface area contributed by atoms with E-state index in [4.69, 9.17) is 9.47 Å². The van der Waals surface area contributed by atoms with Crippen LogP contribution < -0.4 is 14.8 Å². The summed E-state index contributed by atoms with van der Waals surface area (Å²) in [4.78, 5) is 12.7. The van der Waals surface area contributed by atoms with E-state index in [1.807, 2.05) is 24.3 Å². The highest BCUT2D eigenvalue weighted by Gasteiger charge is 2.51. The van der Waals surface area contributed by atoms with Gasteiger partial charge in [-0.1, -0.05) is 24.3 Å². The molecule has 1 amide bonds. The monoisotopic (exact) mass is 389 g/mol. The van der Waals surface area contributed by atoms with Gasteiger partial charge >= 0.3 is 0 Å². The van der Waals surface area contributed by atoms with Crippen molar-refractivity contribution in [2.45, 2.75) is 50.0 Å². The Bertz CT molecular complexity index is 900. The Hall–Kier alpha value is -2.49. The Kier molecular flexibility index (Phi) is 3.90. The van der Waals surface area contributed by atoms with E-state index in [0.29, 0.717) is 16.9 Å². The number of fused-ring (bicyclic) bond motifs is 1. The standard InChI is InChI=1S/C25H27NO3/c27-24(23-15-28-21-3-1-2-4-22(21)29-23)26-20-7-5-19(6-8-20)25-12-16-9-17(13-25)11-18(10-16)14-25/h1-8,16-18,23H,9-15H2,(H,26,27)/t16?,17?,18?,23-,25?/m1/s1. The van der Waals surface area contributed by atoms with Gasteiger partial charge in [-0.15, -0.1) is 0 Å². The van der Waals surface area contributed by atoms with Crippen LogP contribution in [0.3, 0.4) is 0 Å². The molecule has 29 heavy (non-hydrogen) atoms. The summed E-state index contributed by atoms with van der Waals surface area (Å²) < 4.78 is 11.5. The molecule has 1 N–H and O–H groups in total. The topological polar surface area (TPSA) is 47.6 Å². The van der Waals surface area contributed by atoms with Crippen molar-refractivity contribution in [3.8, 4) is 11.5 Å². The molecule has 1 atom stereocenters. The third kappa shape index (κ3) is 3.00. The quantitative estimate of drug-likeness (QED) is 0.809. The van der Waals surface area contributed by atoms with Gasteiger partial charge in [-0.05, 0) is 91.5 Å². The van der Waals surface area contributed by atoms with E-state index in [9.17, 15) is 4.79 Å². The molecule has 5 aliphatic rings. The van der Waals surface area contributed by atoms with Crippen LogP contribution in [-0.4, -0.2) is 18.6 Å². The first-order chi connectivity index (χ1) is 14.2. The van der Waals surface area contributed by atoms with Crippen molar-refractivity contribution in [1.82, 2.24) is 0 Å². The molecular weight excluding hydrogens is 362 g/mol. The summed E-state index contributed by atoms with van der Waals surface area (Å²) in [6.45, 7) is 0.230. The SMILES string of the molecule is O=C(Nc1ccc(C23CC4CC(CC(C4)C2)C3)cc1)[C@H]1COc2ccccc2O1. The van der Waals surface area contributed by atoms with E-state index < -0.39 is 6.10 Å². The molecule has 4 heteroatoms. The molecule has 2 aromatic rings. The van der Waals surface area contributed by atoms with Gasteiger partial charge in [-0.25, -0.2) is 0 Å². The van der Waals surface area contributed by atoms with Crippen LogP contribution in [0.5, 0.6) is 11.5 Å². The normalized spacial score (nSPS) is 34.1. The highest BCUT2D eigenvalue weighted by molar-refractivity contribution is 5.94. The number of ether oxygens (including phenoxy) is 2. The van der Waals surface area contributed by atoms with Gasteiger partial charge in [0.05, 0.1) is 0 Å². The average molecular weight is 389 g/mol. The van der Waals surface area contributed by atoms with Crippen LogP contribution in [0.15, 0.2) is 48.5 Å². The minimum absolute atomic E-state index is 0.165. The van der Waals surface area contributed by atoms with Gasteiger partial charge in [-0.3, -0.25) is 4.79 Å². The first-order valence-corrected chi connectivity index (χ1v) is 11.0. The van der Waals surface area contributed by atoms with Gasteiger partial charge in [0.1, 0.15) is 6.61 Å². The second-order valence-electron chi connectivity index (χ2n) is 9.63. The van der Waals surface area contributed by atoms with Crippen LogP contribution in [0.1, 0.15) is 44.1 Å². The van der Waals surface area contributed by atoms with Crippen LogP contribution in [-0.2, 0) is 10.2 Å². The molecule has 4 saturated carbocycles. The minimum atomic E-state index is -0.632. The molecule has 4 aliphatic carbocycles. The van der Waals surface area contributed by atoms with Crippen molar-refractivity contribution in [1.29, 1.82) is 0 Å². The van der Waals surface area contributed by atoms with Crippen LogP contribution in [0.25, 0.3) is 0 Å². The summed E-state index contributed by atoms with van der Waals surface area (Å²) in [6.07, 6.45) is 7.82. The molecule has 1 aliphatic heterocycles. The summed E-state index contributed by atoms with van der Waals surface area (Å²) in [6, 6.07) is 16.1. The van der Waals surface area contributed by atoms with Crippen molar-refractivity contribution >= 4 is 11.6 Å². The highest BCUT2D eigenvalue weighted by atomic mass is 16.6. The second kappa shape index (κ2) is 6.51. The van der Waals surface area contributed by atoms with E-state index in [2.05, 4.69) is 29.6 Å². The summed E-state index contributed by atoms with van der Waals surface area (Å²) >= 11 is 0. The molecule has 150 valence electrons. The third-order valence-corrected chi connectivity index (χ3v) is 7.60. The molecule has 4 bridgehead atoms. The van der Waals surface area contributed by atoms with Gasteiger partial charge < -0.3 is 14.8 Å². The first-order valence-electron chi connectivity index (χ1n) is 11.0. The molecule has 4 nitrogen and oxygen atoms in total. The van der Waals surface area contributed by atoms with Crippen LogP contribution in [0, 0.1) is 17.8 Å². The van der Waals surface area contributed by atoms with Gasteiger partial charge in [0.25, 0.3) is 5.91 Å². The van der Waals surface area contributed by atoms with Gasteiger partial charge in [0.15, 0.2) is 11.5 Å². The number of para-hydroxylation sites is 2. The number of amides is 1. The predicted octanol–water partition coefficient (Wildman–Crippen LogP) is 4.93. The second-order valence-corrected chi connectivity index (χ2v) is 9.63. The van der Waals surface area contributed by atoms with Gasteiger partial charge in [0, 0.05) is 5.69 Å². The summed E-state index contributed by atoms with van der Waals surface area (Å²) in [5.74, 6) is 3.96. The molecule has 2 aromatic carbocycles. The fraction of sp³-hybridized carbons (Fsp3) is 0.480. The Balaban J connectivity index is 1.15. The lowest BCUT2D eigenvalue weighted by atomic mass is 9.48. The van der Waals surface area contributed by atoms with Gasteiger partial charge in [0.2, 0.25) is 6.10 Å². The van der Waals surface area contributed by atoms with Crippen molar-refractivity contribution in [2.24, 2.45) is 17.8 Å². The average Bonchev–Trinajstić information content (AvgIpc) is 2.73. The van der Waals surface area contributed by atoms with E-state index in [1.54, 1.807) is 0 Å². The molecule has 4 fully saturated rings. The number of nitrogens with one attached hydrogen (secondary N) is 1. The minimum Gasteiger partial charge on any atom is -0.485 e. The summed E-state index contributed by atoms with van der Waals surface area (Å²) in [5.41, 5.74) is 2.69. The van der Waals surface area contributed by atoms with Crippen LogP contribution >= 0.6 is 0 Å². The van der Waals surface area contributed by atoms with Crippen molar-refractivity contribution < 1.29 is 14.3 Å². The Labute approximate surface area is 171 Å². The van der Waals surface area contributed by atoms with Crippen LogP contribution in [0.4, 0.5) is 5.69 Å². The van der Waals surface area contributed by atoms with Crippen molar-refractivity contribution in [3.63, 3.8) is 0 Å². The molecule has 0 unspecified atom stereocenters. The lowest BCUT2D eigenvalue weighted by Gasteiger charge is -2.57. The maximum atomic E-state index is 12.7. The fourth-order valence-electron chi connectivity index (χ4n) is 6.74. The van der Waals surface area contributed by atoms with Crippen LogP contribution in [0.2, 0.25) is 0 Å². The fourth-order valence-corrected chi connectivity index (χ4v) is 6.74. The molecule has 0 saturated heterocycles. The van der Waals surface area contributed by atoms with E-state index >= 15 is 0 Å². The number of rotatable bonds is 3. The number of hydrogen-bond acceptors (Lipinski definition) is 3. The van der Waals surface area contributed by atoms with E-state index in [-0.39, 0.29) is 12.5 Å². The molecular formula is C25H27NO3. The first kappa shape index (κ1) is 17.4. The van der Waals surface area contributed by atoms with Gasteiger partial charge in [-0.2, -0.15) is 0 Å². The summed E-state index contributed by atoms with van der Waals surface area (Å²) in [5, 5.41) is 3.00. The molecule has 7 rings (SSSR count). The zero-order chi connectivity index (χ0) is 19.4. The zero-order valence-electron chi connectivity index (χ0n) is 16.6. The number of carbonyl (C=O) groups excluding carboxylic acids is 1. The Morgan fingerprint density at radius 2 is 1.48 bits per heavy atom. The van der Waals surface area contributed by atoms with E-state index in [1.165, 1.54) is 44.1 Å². The number of carbonyl (C=O) groups is 1. The molecule has 1 heterocycles. The van der Waals surface area contributed by atoms with Crippen molar-refractivity contribution in [3.05, 3.63) is 54.1 Å². The highest BCUT2D eigenvalue weighted by Crippen LogP contribution is 2.60. The largest absolute Gasteiger partial charge is 0.485 e. The lowest BCUT2D eigenvalue weighted by Crippen LogP contribution is -2.48. The molecule has 0 radical (unpaired) electrons. The Morgan fingerprint density at radius 1 is 0.862 bits per heavy atom. The third-order valence-electron chi connectivity index (χ3n) is 7.60. The number of hydrogen-bond donors (Lipinski definition) is 1. The zero-order valence-corrected chi connectivity index (χ0v) is 16.6. The molecule has 0 spiro atoms. The summed E-state index contributed by atoms with van der Waals surface area (Å²) in [7, 11) is 0. The lowest BCUT2D eigenvalue weighted by molar-refractivity contribution is -0.125. The predicted molar refractivity (Wildman–Crippen MR) is 111 cm³/mol. The maximum Gasteiger partial charge on any atom is 0.269 e. The van der Waals surface area contributed by atoms with E-state index in [0.717, 1.165) is 23.4 Å². The number of anilines is 1. The smallest absolute Gasteiger partial charge is 0.269 e. The molecule has 0 aromatic heterocycles. The maximum absolute atomic E-state index is 12.7. The Morgan fingerprint density at radius 3 is 2.14 bits per heavy atom. The number of benzene rings is 2.